The monoisotopic (exact) mass is 213 g/mol. The van der Waals surface area contributed by atoms with E-state index in [9.17, 15) is 0 Å². The standard InChI is InChI=1S/C11H16ClNO/c1-8(2)14-11(13-3)9-6-4-5-7-10(9)12/h4-8,11,13H,1-3H3. The van der Waals surface area contributed by atoms with Crippen molar-refractivity contribution < 1.29 is 4.74 Å². The summed E-state index contributed by atoms with van der Waals surface area (Å²) >= 11 is 6.06. The highest BCUT2D eigenvalue weighted by molar-refractivity contribution is 6.31. The fraction of sp³-hybridized carbons (Fsp3) is 0.455. The Morgan fingerprint density at radius 3 is 2.43 bits per heavy atom. The number of nitrogens with one attached hydrogen (secondary N) is 1. The van der Waals surface area contributed by atoms with Gasteiger partial charge in [-0.1, -0.05) is 29.8 Å². The lowest BCUT2D eigenvalue weighted by Gasteiger charge is -2.20. The zero-order valence-electron chi connectivity index (χ0n) is 8.75. The summed E-state index contributed by atoms with van der Waals surface area (Å²) in [6.07, 6.45) is 0.0347. The largest absolute Gasteiger partial charge is 0.356 e. The zero-order valence-corrected chi connectivity index (χ0v) is 9.51. The van der Waals surface area contributed by atoms with Gasteiger partial charge in [-0.2, -0.15) is 0 Å². The highest BCUT2D eigenvalue weighted by Crippen LogP contribution is 2.23. The Bertz CT molecular complexity index is 288. The second-order valence-electron chi connectivity index (χ2n) is 3.38. The first-order valence-corrected chi connectivity index (χ1v) is 5.10. The summed E-state index contributed by atoms with van der Waals surface area (Å²) in [4.78, 5) is 0. The average molecular weight is 214 g/mol. The molecule has 1 unspecified atom stereocenters. The Morgan fingerprint density at radius 2 is 1.93 bits per heavy atom. The van der Waals surface area contributed by atoms with Crippen molar-refractivity contribution >= 4 is 11.6 Å². The molecule has 0 radical (unpaired) electrons. The number of rotatable bonds is 4. The Hall–Kier alpha value is -0.570. The van der Waals surface area contributed by atoms with Crippen LogP contribution in [0.4, 0.5) is 0 Å². The molecule has 0 aliphatic carbocycles. The van der Waals surface area contributed by atoms with Gasteiger partial charge in [0.2, 0.25) is 0 Å². The minimum Gasteiger partial charge on any atom is -0.356 e. The molecule has 0 spiro atoms. The van der Waals surface area contributed by atoms with E-state index in [1.807, 2.05) is 45.2 Å². The molecule has 78 valence electrons. The van der Waals surface area contributed by atoms with Gasteiger partial charge in [-0.05, 0) is 27.0 Å². The first kappa shape index (κ1) is 11.5. The normalized spacial score (nSPS) is 13.2. The predicted octanol–water partition coefficient (Wildman–Crippen LogP) is 2.98. The van der Waals surface area contributed by atoms with Crippen LogP contribution in [0.5, 0.6) is 0 Å². The second-order valence-corrected chi connectivity index (χ2v) is 3.78. The highest BCUT2D eigenvalue weighted by atomic mass is 35.5. The summed E-state index contributed by atoms with van der Waals surface area (Å²) in [5.74, 6) is 0. The molecule has 0 fully saturated rings. The Morgan fingerprint density at radius 1 is 1.29 bits per heavy atom. The van der Waals surface area contributed by atoms with E-state index in [4.69, 9.17) is 16.3 Å². The van der Waals surface area contributed by atoms with Crippen LogP contribution in [0.2, 0.25) is 5.02 Å². The fourth-order valence-electron chi connectivity index (χ4n) is 1.26. The van der Waals surface area contributed by atoms with Crippen LogP contribution in [-0.4, -0.2) is 13.2 Å². The topological polar surface area (TPSA) is 21.3 Å². The molecule has 1 aromatic carbocycles. The first-order chi connectivity index (χ1) is 6.65. The van der Waals surface area contributed by atoms with Crippen LogP contribution < -0.4 is 5.32 Å². The summed E-state index contributed by atoms with van der Waals surface area (Å²) in [6, 6.07) is 7.69. The number of hydrogen-bond donors (Lipinski definition) is 1. The molecule has 2 nitrogen and oxygen atoms in total. The molecule has 1 rings (SSSR count). The van der Waals surface area contributed by atoms with Gasteiger partial charge in [-0.15, -0.1) is 0 Å². The molecule has 1 atom stereocenters. The van der Waals surface area contributed by atoms with Gasteiger partial charge in [0.25, 0.3) is 0 Å². The lowest BCUT2D eigenvalue weighted by Crippen LogP contribution is -2.23. The third kappa shape index (κ3) is 2.98. The van der Waals surface area contributed by atoms with E-state index in [2.05, 4.69) is 5.32 Å². The summed E-state index contributed by atoms with van der Waals surface area (Å²) in [5, 5.41) is 3.81. The van der Waals surface area contributed by atoms with Crippen LogP contribution in [0.25, 0.3) is 0 Å². The van der Waals surface area contributed by atoms with Gasteiger partial charge >= 0.3 is 0 Å². The number of hydrogen-bond acceptors (Lipinski definition) is 2. The predicted molar refractivity (Wildman–Crippen MR) is 59.5 cm³/mol. The quantitative estimate of drug-likeness (QED) is 0.777. The molecule has 0 heterocycles. The third-order valence-corrected chi connectivity index (χ3v) is 2.20. The minimum absolute atomic E-state index is 0.135. The van der Waals surface area contributed by atoms with Gasteiger partial charge in [0.15, 0.2) is 0 Å². The maximum absolute atomic E-state index is 6.06. The molecule has 0 aromatic heterocycles. The van der Waals surface area contributed by atoms with Crippen LogP contribution in [0.3, 0.4) is 0 Å². The van der Waals surface area contributed by atoms with E-state index in [1.54, 1.807) is 0 Å². The number of benzene rings is 1. The van der Waals surface area contributed by atoms with E-state index < -0.39 is 0 Å². The first-order valence-electron chi connectivity index (χ1n) is 4.72. The van der Waals surface area contributed by atoms with Crippen molar-refractivity contribution in [2.24, 2.45) is 0 Å². The molecule has 0 saturated carbocycles. The summed E-state index contributed by atoms with van der Waals surface area (Å²) in [6.45, 7) is 4.00. The zero-order chi connectivity index (χ0) is 10.6. The van der Waals surface area contributed by atoms with Crippen molar-refractivity contribution in [1.82, 2.24) is 5.32 Å². The van der Waals surface area contributed by atoms with Gasteiger partial charge < -0.3 is 4.74 Å². The second kappa shape index (κ2) is 5.35. The number of halogens is 1. The van der Waals surface area contributed by atoms with Crippen molar-refractivity contribution in [1.29, 1.82) is 0 Å². The van der Waals surface area contributed by atoms with Crippen molar-refractivity contribution in [2.45, 2.75) is 26.2 Å². The average Bonchev–Trinajstić information content (AvgIpc) is 2.15. The van der Waals surface area contributed by atoms with E-state index in [-0.39, 0.29) is 12.3 Å². The Balaban J connectivity index is 2.83. The van der Waals surface area contributed by atoms with Gasteiger partial charge in [-0.3, -0.25) is 5.32 Å². The number of ether oxygens (including phenoxy) is 1. The maximum Gasteiger partial charge on any atom is 0.135 e. The molecule has 0 saturated heterocycles. The summed E-state index contributed by atoms with van der Waals surface area (Å²) in [5.41, 5.74) is 0.977. The van der Waals surface area contributed by atoms with Crippen LogP contribution in [0, 0.1) is 0 Å². The summed E-state index contributed by atoms with van der Waals surface area (Å²) < 4.78 is 5.67. The minimum atomic E-state index is -0.135. The molecule has 14 heavy (non-hydrogen) atoms. The molecule has 1 aromatic rings. The molecule has 0 aliphatic rings. The van der Waals surface area contributed by atoms with Crippen LogP contribution in [0.15, 0.2) is 24.3 Å². The smallest absolute Gasteiger partial charge is 0.135 e. The van der Waals surface area contributed by atoms with E-state index in [1.165, 1.54) is 0 Å². The van der Waals surface area contributed by atoms with Gasteiger partial charge in [-0.25, -0.2) is 0 Å². The Kier molecular flexibility index (Phi) is 4.39. The molecule has 0 bridgehead atoms. The van der Waals surface area contributed by atoms with E-state index in [0.717, 1.165) is 10.6 Å². The Labute approximate surface area is 90.2 Å². The van der Waals surface area contributed by atoms with E-state index >= 15 is 0 Å². The molecule has 3 heteroatoms. The SMILES string of the molecule is CNC(OC(C)C)c1ccccc1Cl. The summed E-state index contributed by atoms with van der Waals surface area (Å²) in [7, 11) is 1.86. The maximum atomic E-state index is 6.06. The molecule has 1 N–H and O–H groups in total. The van der Waals surface area contributed by atoms with Crippen molar-refractivity contribution in [3.63, 3.8) is 0 Å². The third-order valence-electron chi connectivity index (χ3n) is 1.86. The molecule has 0 amide bonds. The van der Waals surface area contributed by atoms with Crippen molar-refractivity contribution in [3.8, 4) is 0 Å². The molecule has 0 aliphatic heterocycles. The molecular formula is C11H16ClNO. The lowest BCUT2D eigenvalue weighted by atomic mass is 10.2. The van der Waals surface area contributed by atoms with Crippen LogP contribution >= 0.6 is 11.6 Å². The van der Waals surface area contributed by atoms with Crippen molar-refractivity contribution in [2.75, 3.05) is 7.05 Å². The van der Waals surface area contributed by atoms with Crippen LogP contribution in [0.1, 0.15) is 25.6 Å². The lowest BCUT2D eigenvalue weighted by molar-refractivity contribution is -0.00926. The van der Waals surface area contributed by atoms with Crippen LogP contribution in [-0.2, 0) is 4.74 Å². The van der Waals surface area contributed by atoms with Gasteiger partial charge in [0.1, 0.15) is 6.23 Å². The van der Waals surface area contributed by atoms with Gasteiger partial charge in [0, 0.05) is 10.6 Å². The van der Waals surface area contributed by atoms with E-state index in [0.29, 0.717) is 0 Å². The fourth-order valence-corrected chi connectivity index (χ4v) is 1.49. The highest BCUT2D eigenvalue weighted by Gasteiger charge is 2.13. The van der Waals surface area contributed by atoms with Crippen molar-refractivity contribution in [3.05, 3.63) is 34.9 Å². The van der Waals surface area contributed by atoms with Gasteiger partial charge in [0.05, 0.1) is 6.10 Å². The molecular weight excluding hydrogens is 198 g/mol.